The van der Waals surface area contributed by atoms with Crippen LogP contribution in [0.15, 0.2) is 40.9 Å². The minimum absolute atomic E-state index is 0.149. The minimum Gasteiger partial charge on any atom is -0.489 e. The zero-order valence-electron chi connectivity index (χ0n) is 15.1. The van der Waals surface area contributed by atoms with E-state index in [-0.39, 0.29) is 18.1 Å². The number of halogens is 1. The second-order valence-corrected chi connectivity index (χ2v) is 6.70. The van der Waals surface area contributed by atoms with Crippen molar-refractivity contribution >= 4 is 17.6 Å². The summed E-state index contributed by atoms with van der Waals surface area (Å²) in [6, 6.07) is 10.8. The molecule has 3 aromatic rings. The predicted octanol–water partition coefficient (Wildman–Crippen LogP) is 4.22. The quantitative estimate of drug-likeness (QED) is 0.606. The van der Waals surface area contributed by atoms with Crippen LogP contribution in [0, 0.1) is 6.92 Å². The van der Waals surface area contributed by atoms with Crippen molar-refractivity contribution < 1.29 is 23.5 Å². The summed E-state index contributed by atoms with van der Waals surface area (Å²) in [4.78, 5) is 16.6. The first-order valence-corrected chi connectivity index (χ1v) is 9.14. The number of ether oxygens (including phenoxy) is 3. The molecule has 0 amide bonds. The second kappa shape index (κ2) is 7.90. The van der Waals surface area contributed by atoms with Crippen LogP contribution in [0.3, 0.4) is 0 Å². The molecule has 7 nitrogen and oxygen atoms in total. The van der Waals surface area contributed by atoms with Crippen LogP contribution in [0.5, 0.6) is 11.5 Å². The molecule has 1 aliphatic rings. The highest BCUT2D eigenvalue weighted by atomic mass is 35.5. The van der Waals surface area contributed by atoms with E-state index in [1.165, 1.54) is 6.07 Å². The summed E-state index contributed by atoms with van der Waals surface area (Å²) in [5, 5.41) is 4.21. The SMILES string of the molecule is Cc1ccc(-c2noc(COC(=O)c3cc(Cl)c4c(c3)OCCCO4)n2)cc1. The van der Waals surface area contributed by atoms with Crippen LogP contribution in [-0.4, -0.2) is 29.3 Å². The Morgan fingerprint density at radius 2 is 1.96 bits per heavy atom. The van der Waals surface area contributed by atoms with Crippen molar-refractivity contribution in [2.75, 3.05) is 13.2 Å². The fourth-order valence-corrected chi connectivity index (χ4v) is 2.96. The van der Waals surface area contributed by atoms with Gasteiger partial charge in [0.25, 0.3) is 5.89 Å². The number of aryl methyl sites for hydroxylation is 1. The average Bonchev–Trinajstić information content (AvgIpc) is 3.03. The van der Waals surface area contributed by atoms with E-state index in [2.05, 4.69) is 10.1 Å². The summed E-state index contributed by atoms with van der Waals surface area (Å²) in [5.74, 6) is 0.924. The monoisotopic (exact) mass is 400 g/mol. The number of hydrogen-bond donors (Lipinski definition) is 0. The molecule has 1 aromatic heterocycles. The van der Waals surface area contributed by atoms with Crippen LogP contribution in [0.4, 0.5) is 0 Å². The van der Waals surface area contributed by atoms with Gasteiger partial charge in [0.15, 0.2) is 18.1 Å². The van der Waals surface area contributed by atoms with Crippen LogP contribution in [0.1, 0.15) is 28.2 Å². The van der Waals surface area contributed by atoms with Gasteiger partial charge < -0.3 is 18.7 Å². The van der Waals surface area contributed by atoms with E-state index in [1.54, 1.807) is 6.07 Å². The number of fused-ring (bicyclic) bond motifs is 1. The van der Waals surface area contributed by atoms with E-state index < -0.39 is 5.97 Å². The Hall–Kier alpha value is -3.06. The Labute approximate surface area is 166 Å². The third-order valence-electron chi connectivity index (χ3n) is 4.14. The molecule has 0 spiro atoms. The Bertz CT molecular complexity index is 1000. The minimum atomic E-state index is -0.576. The number of carbonyl (C=O) groups excluding carboxylic acids is 1. The van der Waals surface area contributed by atoms with Crippen molar-refractivity contribution in [3.8, 4) is 22.9 Å². The van der Waals surface area contributed by atoms with E-state index >= 15 is 0 Å². The topological polar surface area (TPSA) is 83.7 Å². The van der Waals surface area contributed by atoms with Gasteiger partial charge in [0, 0.05) is 12.0 Å². The number of carbonyl (C=O) groups is 1. The molecule has 0 saturated heterocycles. The fourth-order valence-electron chi connectivity index (χ4n) is 2.69. The van der Waals surface area contributed by atoms with Crippen LogP contribution >= 0.6 is 11.6 Å². The van der Waals surface area contributed by atoms with Gasteiger partial charge in [-0.2, -0.15) is 4.98 Å². The highest BCUT2D eigenvalue weighted by molar-refractivity contribution is 6.32. The Morgan fingerprint density at radius 3 is 2.79 bits per heavy atom. The fraction of sp³-hybridized carbons (Fsp3) is 0.250. The number of hydrogen-bond acceptors (Lipinski definition) is 7. The zero-order valence-corrected chi connectivity index (χ0v) is 15.9. The lowest BCUT2D eigenvalue weighted by Crippen LogP contribution is -2.06. The highest BCUT2D eigenvalue weighted by Gasteiger charge is 2.20. The average molecular weight is 401 g/mol. The van der Waals surface area contributed by atoms with Crippen molar-refractivity contribution in [1.29, 1.82) is 0 Å². The first-order chi connectivity index (χ1) is 13.6. The molecule has 144 valence electrons. The third-order valence-corrected chi connectivity index (χ3v) is 4.42. The Morgan fingerprint density at radius 1 is 1.18 bits per heavy atom. The van der Waals surface area contributed by atoms with Gasteiger partial charge in [-0.3, -0.25) is 0 Å². The van der Waals surface area contributed by atoms with E-state index in [4.69, 9.17) is 30.3 Å². The van der Waals surface area contributed by atoms with Gasteiger partial charge in [0.1, 0.15) is 0 Å². The molecule has 1 aliphatic heterocycles. The van der Waals surface area contributed by atoms with E-state index in [1.807, 2.05) is 31.2 Å². The van der Waals surface area contributed by atoms with Gasteiger partial charge >= 0.3 is 5.97 Å². The first-order valence-electron chi connectivity index (χ1n) is 8.76. The maximum absolute atomic E-state index is 12.4. The number of nitrogens with zero attached hydrogens (tertiary/aromatic N) is 2. The molecule has 28 heavy (non-hydrogen) atoms. The molecule has 0 saturated carbocycles. The normalized spacial score (nSPS) is 13.1. The lowest BCUT2D eigenvalue weighted by Gasteiger charge is -2.11. The van der Waals surface area contributed by atoms with E-state index in [0.717, 1.165) is 17.5 Å². The molecule has 4 rings (SSSR count). The van der Waals surface area contributed by atoms with Crippen molar-refractivity contribution in [3.63, 3.8) is 0 Å². The van der Waals surface area contributed by atoms with Gasteiger partial charge in [0.2, 0.25) is 5.82 Å². The molecule has 0 radical (unpaired) electrons. The largest absolute Gasteiger partial charge is 0.489 e. The summed E-state index contributed by atoms with van der Waals surface area (Å²) in [5.41, 5.74) is 2.21. The summed E-state index contributed by atoms with van der Waals surface area (Å²) in [6.07, 6.45) is 0.741. The summed E-state index contributed by atoms with van der Waals surface area (Å²) in [6.45, 7) is 2.85. The van der Waals surface area contributed by atoms with Crippen molar-refractivity contribution in [2.24, 2.45) is 0 Å². The molecule has 0 atom stereocenters. The van der Waals surface area contributed by atoms with Gasteiger partial charge in [-0.15, -0.1) is 0 Å². The lowest BCUT2D eigenvalue weighted by molar-refractivity contribution is 0.0429. The zero-order chi connectivity index (χ0) is 19.5. The highest BCUT2D eigenvalue weighted by Crippen LogP contribution is 2.38. The van der Waals surface area contributed by atoms with Gasteiger partial charge in [-0.05, 0) is 19.1 Å². The van der Waals surface area contributed by atoms with Crippen LogP contribution in [0.2, 0.25) is 5.02 Å². The smallest absolute Gasteiger partial charge is 0.338 e. The number of esters is 1. The molecule has 0 unspecified atom stereocenters. The Kier molecular flexibility index (Phi) is 5.16. The van der Waals surface area contributed by atoms with Gasteiger partial charge in [-0.25, -0.2) is 4.79 Å². The standard InChI is InChI=1S/C20H17ClN2O5/c1-12-3-5-13(6-4-12)19-22-17(28-23-19)11-27-20(24)14-9-15(21)18-16(10-14)25-7-2-8-26-18/h3-6,9-10H,2,7-8,11H2,1H3. The summed E-state index contributed by atoms with van der Waals surface area (Å²) in [7, 11) is 0. The molecule has 0 N–H and O–H groups in total. The molecular formula is C20H17ClN2O5. The Balaban J connectivity index is 1.44. The van der Waals surface area contributed by atoms with Gasteiger partial charge in [0.05, 0.1) is 23.8 Å². The van der Waals surface area contributed by atoms with Crippen LogP contribution in [-0.2, 0) is 11.3 Å². The van der Waals surface area contributed by atoms with Crippen molar-refractivity contribution in [3.05, 3.63) is 58.4 Å². The lowest BCUT2D eigenvalue weighted by atomic mass is 10.1. The van der Waals surface area contributed by atoms with Crippen molar-refractivity contribution in [1.82, 2.24) is 10.1 Å². The molecule has 0 fully saturated rings. The maximum Gasteiger partial charge on any atom is 0.338 e. The molecule has 2 aromatic carbocycles. The first kappa shape index (κ1) is 18.3. The summed E-state index contributed by atoms with van der Waals surface area (Å²) >= 11 is 6.21. The number of benzene rings is 2. The van der Waals surface area contributed by atoms with Crippen LogP contribution < -0.4 is 9.47 Å². The molecule has 8 heteroatoms. The number of rotatable bonds is 4. The van der Waals surface area contributed by atoms with E-state index in [0.29, 0.717) is 35.6 Å². The third kappa shape index (κ3) is 3.94. The molecule has 0 bridgehead atoms. The maximum atomic E-state index is 12.4. The van der Waals surface area contributed by atoms with Crippen molar-refractivity contribution in [2.45, 2.75) is 20.0 Å². The number of aromatic nitrogens is 2. The van der Waals surface area contributed by atoms with Crippen LogP contribution in [0.25, 0.3) is 11.4 Å². The molecule has 0 aliphatic carbocycles. The van der Waals surface area contributed by atoms with Gasteiger partial charge in [-0.1, -0.05) is 46.6 Å². The second-order valence-electron chi connectivity index (χ2n) is 6.29. The molecular weight excluding hydrogens is 384 g/mol. The molecule has 2 heterocycles. The predicted molar refractivity (Wildman–Crippen MR) is 101 cm³/mol. The summed E-state index contributed by atoms with van der Waals surface area (Å²) < 4.78 is 21.6. The van der Waals surface area contributed by atoms with E-state index in [9.17, 15) is 4.79 Å².